The van der Waals surface area contributed by atoms with Crippen molar-refractivity contribution in [1.29, 1.82) is 0 Å². The van der Waals surface area contributed by atoms with Gasteiger partial charge in [-0.25, -0.2) is 0 Å². The van der Waals surface area contributed by atoms with Crippen LogP contribution in [0.1, 0.15) is 284 Å². The van der Waals surface area contributed by atoms with Crippen molar-refractivity contribution in [3.05, 3.63) is 85.1 Å². The number of carbonyl (C=O) groups excluding carboxylic acids is 1. The van der Waals surface area contributed by atoms with Gasteiger partial charge < -0.3 is 65.1 Å². The third-order valence-corrected chi connectivity index (χ3v) is 17.1. The van der Waals surface area contributed by atoms with Crippen LogP contribution in [0, 0.1) is 0 Å². The molecule has 2 aliphatic rings. The number of amides is 1. The van der Waals surface area contributed by atoms with E-state index in [1.54, 1.807) is 6.08 Å². The van der Waals surface area contributed by atoms with Gasteiger partial charge in [0.1, 0.15) is 48.8 Å². The van der Waals surface area contributed by atoms with Crippen molar-refractivity contribution >= 4 is 5.91 Å². The fraction of sp³-hybridized carbons (Fsp3) is 0.797. The van der Waals surface area contributed by atoms with Crippen molar-refractivity contribution < 1.29 is 64.6 Å². The first kappa shape index (κ1) is 81.3. The summed E-state index contributed by atoms with van der Waals surface area (Å²) in [5.41, 5.74) is 0. The molecule has 9 N–H and O–H groups in total. The zero-order valence-corrected chi connectivity index (χ0v) is 55.4. The molecule has 2 saturated heterocycles. The van der Waals surface area contributed by atoms with E-state index in [0.717, 1.165) is 70.6 Å². The first-order chi connectivity index (χ1) is 43.1. The smallest absolute Gasteiger partial charge is 0.220 e. The lowest BCUT2D eigenvalue weighted by atomic mass is 9.97. The molecular weight excluding hydrogens is 1110 g/mol. The van der Waals surface area contributed by atoms with E-state index in [9.17, 15) is 45.6 Å². The molecule has 0 radical (unpaired) electrons. The minimum absolute atomic E-state index is 0.256. The van der Waals surface area contributed by atoms with Gasteiger partial charge in [0.2, 0.25) is 5.91 Å². The molecule has 14 nitrogen and oxygen atoms in total. The summed E-state index contributed by atoms with van der Waals surface area (Å²) < 4.78 is 22.8. The summed E-state index contributed by atoms with van der Waals surface area (Å²) in [6.07, 6.45) is 63.5. The number of rotatable bonds is 58. The van der Waals surface area contributed by atoms with Crippen LogP contribution >= 0.6 is 0 Å². The Morgan fingerprint density at radius 1 is 0.420 bits per heavy atom. The van der Waals surface area contributed by atoms with Crippen LogP contribution in [0.4, 0.5) is 0 Å². The third-order valence-electron chi connectivity index (χ3n) is 17.1. The van der Waals surface area contributed by atoms with Gasteiger partial charge in [-0.1, -0.05) is 285 Å². The number of allylic oxidation sites excluding steroid dienone is 13. The lowest BCUT2D eigenvalue weighted by molar-refractivity contribution is -0.359. The summed E-state index contributed by atoms with van der Waals surface area (Å²) in [5, 5.41) is 87.5. The van der Waals surface area contributed by atoms with E-state index in [2.05, 4.69) is 92.1 Å². The molecule has 2 rings (SSSR count). The molecule has 12 atom stereocenters. The molecule has 88 heavy (non-hydrogen) atoms. The number of carbonyl (C=O) groups is 1. The molecule has 2 heterocycles. The Morgan fingerprint density at radius 3 is 1.25 bits per heavy atom. The predicted octanol–water partition coefficient (Wildman–Crippen LogP) is 14.8. The molecule has 0 aliphatic carbocycles. The molecule has 0 bridgehead atoms. The maximum absolute atomic E-state index is 13.3. The molecule has 0 aromatic heterocycles. The van der Waals surface area contributed by atoms with Crippen LogP contribution in [-0.4, -0.2) is 140 Å². The maximum atomic E-state index is 13.3. The molecule has 0 saturated carbocycles. The van der Waals surface area contributed by atoms with Gasteiger partial charge in [0.15, 0.2) is 12.6 Å². The summed E-state index contributed by atoms with van der Waals surface area (Å²) in [6, 6.07) is -0.942. The van der Waals surface area contributed by atoms with Crippen molar-refractivity contribution in [3.8, 4) is 0 Å². The topological polar surface area (TPSA) is 228 Å². The van der Waals surface area contributed by atoms with Gasteiger partial charge in [0.05, 0.1) is 32.0 Å². The average molecular weight is 1240 g/mol. The second-order valence-electron chi connectivity index (χ2n) is 25.0. The van der Waals surface area contributed by atoms with Crippen molar-refractivity contribution in [2.45, 2.75) is 357 Å². The van der Waals surface area contributed by atoms with Crippen molar-refractivity contribution in [3.63, 3.8) is 0 Å². The van der Waals surface area contributed by atoms with E-state index in [4.69, 9.17) is 18.9 Å². The van der Waals surface area contributed by atoms with Crippen LogP contribution in [0.3, 0.4) is 0 Å². The molecular formula is C74H131NO13. The Bertz CT molecular complexity index is 1800. The first-order valence-corrected chi connectivity index (χ1v) is 35.8. The summed E-state index contributed by atoms with van der Waals surface area (Å²) in [6.45, 7) is 2.69. The normalized spacial score (nSPS) is 23.7. The number of hydrogen-bond donors (Lipinski definition) is 9. The molecule has 0 spiro atoms. The zero-order valence-electron chi connectivity index (χ0n) is 55.4. The fourth-order valence-corrected chi connectivity index (χ4v) is 11.4. The Hall–Kier alpha value is -2.83. The fourth-order valence-electron chi connectivity index (χ4n) is 11.4. The van der Waals surface area contributed by atoms with E-state index >= 15 is 0 Å². The number of aliphatic hydroxyl groups is 8. The first-order valence-electron chi connectivity index (χ1n) is 35.8. The third kappa shape index (κ3) is 41.6. The van der Waals surface area contributed by atoms with Gasteiger partial charge in [0, 0.05) is 6.42 Å². The van der Waals surface area contributed by atoms with E-state index in [1.165, 1.54) is 180 Å². The van der Waals surface area contributed by atoms with Gasteiger partial charge in [-0.2, -0.15) is 0 Å². The standard InChI is InChI=1S/C74H131NO13/c1-3-5-7-9-11-13-15-17-19-21-23-25-27-29-30-31-32-34-35-37-39-41-43-45-47-49-51-53-55-57-63(78)62(61-85-73-71(84)69(82)72(65(60-77)87-73)88-74-70(83)68(81)67(80)64(59-76)86-74)75-66(79)58-56-54-52-50-48-46-44-42-40-38-36-33-28-26-24-22-20-18-16-14-12-10-8-6-4-2/h6,8,12,14,18,20,24,26,33,36,47,49,55,57,62-65,67-74,76-78,80-84H,3-5,7,9-11,13,15-17,19,21-23,25,27-32,34-35,37-46,48,50-54,56,58-61H2,1-2H3,(H,75,79)/b8-6-,14-12-,20-18-,26-24-,36-33-,49-47+,57-55+. The molecule has 510 valence electrons. The number of unbranched alkanes of at least 4 members (excludes halogenated alkanes) is 33. The van der Waals surface area contributed by atoms with E-state index in [1.807, 2.05) is 6.08 Å². The second-order valence-corrected chi connectivity index (χ2v) is 25.0. The SMILES string of the molecule is CC/C=C\C/C=C\C/C=C\C/C=C\C/C=C\CCCCCCCCCCCC(=O)NC(COC1OC(CO)C(OC2OC(CO)C(O)C(O)C2O)C(O)C1O)C(O)/C=C/CC/C=C/CCCCCCCCCCCCCCCCCCCCCCCCC. The summed E-state index contributed by atoms with van der Waals surface area (Å²) in [5.74, 6) is -0.256. The number of hydrogen-bond acceptors (Lipinski definition) is 13. The quantitative estimate of drug-likeness (QED) is 0.0204. The number of nitrogens with one attached hydrogen (secondary N) is 1. The highest BCUT2D eigenvalue weighted by molar-refractivity contribution is 5.76. The van der Waals surface area contributed by atoms with Crippen LogP contribution in [0.15, 0.2) is 85.1 Å². The molecule has 14 heteroatoms. The summed E-state index contributed by atoms with van der Waals surface area (Å²) in [7, 11) is 0. The van der Waals surface area contributed by atoms with Crippen molar-refractivity contribution in [2.24, 2.45) is 0 Å². The van der Waals surface area contributed by atoms with Gasteiger partial charge in [-0.3, -0.25) is 4.79 Å². The molecule has 0 aromatic carbocycles. The lowest BCUT2D eigenvalue weighted by Gasteiger charge is -2.46. The van der Waals surface area contributed by atoms with Gasteiger partial charge >= 0.3 is 0 Å². The zero-order chi connectivity index (χ0) is 63.8. The second kappa shape index (κ2) is 58.0. The monoisotopic (exact) mass is 1240 g/mol. The van der Waals surface area contributed by atoms with Crippen LogP contribution in [0.25, 0.3) is 0 Å². The molecule has 1 amide bonds. The highest BCUT2D eigenvalue weighted by Crippen LogP contribution is 2.30. The number of aliphatic hydroxyl groups excluding tert-OH is 8. The molecule has 2 aliphatic heterocycles. The Labute approximate surface area is 535 Å². The average Bonchev–Trinajstić information content (AvgIpc) is 2.07. The molecule has 0 aromatic rings. The predicted molar refractivity (Wildman–Crippen MR) is 360 cm³/mol. The van der Waals surface area contributed by atoms with Gasteiger partial charge in [-0.05, 0) is 77.0 Å². The minimum atomic E-state index is -1.80. The van der Waals surface area contributed by atoms with Crippen molar-refractivity contribution in [1.82, 2.24) is 5.32 Å². The van der Waals surface area contributed by atoms with Gasteiger partial charge in [-0.15, -0.1) is 0 Å². The lowest BCUT2D eigenvalue weighted by Crippen LogP contribution is -2.65. The summed E-state index contributed by atoms with van der Waals surface area (Å²) >= 11 is 0. The minimum Gasteiger partial charge on any atom is -0.394 e. The molecule has 2 fully saturated rings. The van der Waals surface area contributed by atoms with E-state index < -0.39 is 86.8 Å². The highest BCUT2D eigenvalue weighted by Gasteiger charge is 2.51. The Morgan fingerprint density at radius 2 is 0.795 bits per heavy atom. The maximum Gasteiger partial charge on any atom is 0.220 e. The highest BCUT2D eigenvalue weighted by atomic mass is 16.7. The molecule has 12 unspecified atom stereocenters. The number of ether oxygens (including phenoxy) is 4. The Balaban J connectivity index is 1.70. The largest absolute Gasteiger partial charge is 0.394 e. The van der Waals surface area contributed by atoms with Crippen LogP contribution in [0.2, 0.25) is 0 Å². The van der Waals surface area contributed by atoms with E-state index in [0.29, 0.717) is 12.8 Å². The van der Waals surface area contributed by atoms with E-state index in [-0.39, 0.29) is 18.9 Å². The van der Waals surface area contributed by atoms with Crippen LogP contribution < -0.4 is 5.32 Å². The van der Waals surface area contributed by atoms with Gasteiger partial charge in [0.25, 0.3) is 0 Å². The van der Waals surface area contributed by atoms with Crippen LogP contribution in [-0.2, 0) is 23.7 Å². The van der Waals surface area contributed by atoms with Crippen molar-refractivity contribution in [2.75, 3.05) is 19.8 Å². The Kier molecular flexibility index (Phi) is 53.6. The van der Waals surface area contributed by atoms with Crippen LogP contribution in [0.5, 0.6) is 0 Å². The summed E-state index contributed by atoms with van der Waals surface area (Å²) in [4.78, 5) is 13.3.